The second-order valence-corrected chi connectivity index (χ2v) is 4.99. The molecule has 2 aromatic rings. The average molecular weight is 239 g/mol. The molecule has 4 rings (SSSR count). The molecule has 1 unspecified atom stereocenters. The zero-order valence-electron chi connectivity index (χ0n) is 9.84. The third kappa shape index (κ3) is 1.20. The number of aliphatic hydroxyl groups is 1. The molecular weight excluding hydrogens is 226 g/mol. The highest BCUT2D eigenvalue weighted by Crippen LogP contribution is 2.56. The van der Waals surface area contributed by atoms with Crippen molar-refractivity contribution in [1.29, 1.82) is 0 Å². The van der Waals surface area contributed by atoms with Gasteiger partial charge in [0.2, 0.25) is 5.88 Å². The summed E-state index contributed by atoms with van der Waals surface area (Å²) in [4.78, 5) is 4.24. The zero-order chi connectivity index (χ0) is 12.2. The maximum absolute atomic E-state index is 11.2. The Morgan fingerprint density at radius 2 is 1.89 bits per heavy atom. The van der Waals surface area contributed by atoms with Crippen molar-refractivity contribution < 1.29 is 9.84 Å². The summed E-state index contributed by atoms with van der Waals surface area (Å²) < 4.78 is 5.78. The lowest BCUT2D eigenvalue weighted by atomic mass is 9.81. The predicted molar refractivity (Wildman–Crippen MR) is 66.5 cm³/mol. The van der Waals surface area contributed by atoms with Crippen LogP contribution in [0.3, 0.4) is 0 Å². The fourth-order valence-corrected chi connectivity index (χ4v) is 2.82. The standard InChI is InChI=1S/C15H13NO2/c17-15(10-7-8-10)11-4-1-2-6-13(11)18-14-12(15)5-3-9-16-14/h1-6,9-10,17H,7-8H2. The Balaban J connectivity index is 2.01. The molecule has 2 heterocycles. The molecule has 1 aromatic heterocycles. The number of rotatable bonds is 1. The molecule has 1 saturated carbocycles. The van der Waals surface area contributed by atoms with Crippen LogP contribution in [0, 0.1) is 5.92 Å². The number of ether oxygens (including phenoxy) is 1. The second kappa shape index (κ2) is 3.33. The van der Waals surface area contributed by atoms with Gasteiger partial charge in [-0.2, -0.15) is 0 Å². The van der Waals surface area contributed by atoms with Gasteiger partial charge in [0.25, 0.3) is 0 Å². The normalized spacial score (nSPS) is 24.9. The minimum Gasteiger partial charge on any atom is -0.438 e. The quantitative estimate of drug-likeness (QED) is 0.832. The first-order valence-corrected chi connectivity index (χ1v) is 6.25. The number of hydrogen-bond acceptors (Lipinski definition) is 3. The first kappa shape index (κ1) is 10.1. The van der Waals surface area contributed by atoms with Crippen molar-refractivity contribution in [3.63, 3.8) is 0 Å². The molecule has 3 heteroatoms. The highest BCUT2D eigenvalue weighted by atomic mass is 16.5. The van der Waals surface area contributed by atoms with Crippen LogP contribution in [0.15, 0.2) is 42.6 Å². The van der Waals surface area contributed by atoms with Crippen LogP contribution < -0.4 is 4.74 Å². The van der Waals surface area contributed by atoms with Crippen molar-refractivity contribution in [1.82, 2.24) is 4.98 Å². The van der Waals surface area contributed by atoms with Gasteiger partial charge < -0.3 is 9.84 Å². The minimum atomic E-state index is -0.932. The SMILES string of the molecule is OC1(C2CC2)c2ccccc2Oc2ncccc21. The molecule has 90 valence electrons. The molecular formula is C15H13NO2. The highest BCUT2D eigenvalue weighted by Gasteiger charge is 2.51. The Bertz CT molecular complexity index is 574. The molecule has 3 nitrogen and oxygen atoms in total. The van der Waals surface area contributed by atoms with Crippen LogP contribution in [-0.2, 0) is 5.60 Å². The van der Waals surface area contributed by atoms with E-state index in [0.717, 1.165) is 29.7 Å². The van der Waals surface area contributed by atoms with E-state index in [1.165, 1.54) is 0 Å². The van der Waals surface area contributed by atoms with Crippen LogP contribution in [0.4, 0.5) is 0 Å². The van der Waals surface area contributed by atoms with Crippen LogP contribution in [0.25, 0.3) is 0 Å². The summed E-state index contributed by atoms with van der Waals surface area (Å²) in [6, 6.07) is 11.5. The van der Waals surface area contributed by atoms with Gasteiger partial charge in [0.1, 0.15) is 11.4 Å². The molecule has 0 radical (unpaired) electrons. The molecule has 0 saturated heterocycles. The smallest absolute Gasteiger partial charge is 0.225 e. The Morgan fingerprint density at radius 1 is 1.11 bits per heavy atom. The number of fused-ring (bicyclic) bond motifs is 2. The summed E-state index contributed by atoms with van der Waals surface area (Å²) in [6.45, 7) is 0. The monoisotopic (exact) mass is 239 g/mol. The molecule has 2 aliphatic rings. The molecule has 1 aliphatic carbocycles. The van der Waals surface area contributed by atoms with E-state index in [4.69, 9.17) is 4.74 Å². The minimum absolute atomic E-state index is 0.283. The molecule has 18 heavy (non-hydrogen) atoms. The Labute approximate surface area is 105 Å². The average Bonchev–Trinajstić information content (AvgIpc) is 3.24. The molecule has 1 aromatic carbocycles. The summed E-state index contributed by atoms with van der Waals surface area (Å²) in [5, 5.41) is 11.2. The Hall–Kier alpha value is -1.87. The van der Waals surface area contributed by atoms with Crippen LogP contribution in [0.5, 0.6) is 11.6 Å². The number of hydrogen-bond donors (Lipinski definition) is 1. The van der Waals surface area contributed by atoms with Crippen LogP contribution >= 0.6 is 0 Å². The molecule has 0 amide bonds. The molecule has 1 atom stereocenters. The Kier molecular flexibility index (Phi) is 1.87. The number of benzene rings is 1. The molecule has 1 N–H and O–H groups in total. The van der Waals surface area contributed by atoms with Gasteiger partial charge in [-0.3, -0.25) is 0 Å². The van der Waals surface area contributed by atoms with Gasteiger partial charge in [-0.25, -0.2) is 4.98 Å². The summed E-state index contributed by atoms with van der Waals surface area (Å²) in [5.74, 6) is 1.54. The van der Waals surface area contributed by atoms with Gasteiger partial charge in [0, 0.05) is 11.8 Å². The lowest BCUT2D eigenvalue weighted by Crippen LogP contribution is -2.33. The third-order valence-electron chi connectivity index (χ3n) is 3.85. The van der Waals surface area contributed by atoms with Crippen LogP contribution in [0.1, 0.15) is 24.0 Å². The van der Waals surface area contributed by atoms with E-state index in [2.05, 4.69) is 4.98 Å². The number of para-hydroxylation sites is 1. The number of pyridine rings is 1. The molecule has 1 aliphatic heterocycles. The summed E-state index contributed by atoms with van der Waals surface area (Å²) >= 11 is 0. The van der Waals surface area contributed by atoms with Gasteiger partial charge in [0.15, 0.2) is 0 Å². The first-order chi connectivity index (χ1) is 8.80. The fourth-order valence-electron chi connectivity index (χ4n) is 2.82. The van der Waals surface area contributed by atoms with E-state index in [0.29, 0.717) is 5.88 Å². The maximum Gasteiger partial charge on any atom is 0.225 e. The molecule has 1 fully saturated rings. The third-order valence-corrected chi connectivity index (χ3v) is 3.85. The van der Waals surface area contributed by atoms with Gasteiger partial charge in [-0.05, 0) is 37.0 Å². The van der Waals surface area contributed by atoms with E-state index in [1.54, 1.807) is 6.20 Å². The Morgan fingerprint density at radius 3 is 2.72 bits per heavy atom. The van der Waals surface area contributed by atoms with E-state index in [-0.39, 0.29) is 5.92 Å². The zero-order valence-corrected chi connectivity index (χ0v) is 9.84. The van der Waals surface area contributed by atoms with Crippen molar-refractivity contribution >= 4 is 0 Å². The molecule has 0 spiro atoms. The van der Waals surface area contributed by atoms with Gasteiger partial charge in [0.05, 0.1) is 5.56 Å². The fraction of sp³-hybridized carbons (Fsp3) is 0.267. The van der Waals surface area contributed by atoms with E-state index < -0.39 is 5.60 Å². The van der Waals surface area contributed by atoms with E-state index in [9.17, 15) is 5.11 Å². The van der Waals surface area contributed by atoms with Crippen molar-refractivity contribution in [3.05, 3.63) is 53.7 Å². The van der Waals surface area contributed by atoms with Gasteiger partial charge in [-0.15, -0.1) is 0 Å². The van der Waals surface area contributed by atoms with Crippen molar-refractivity contribution in [2.75, 3.05) is 0 Å². The first-order valence-electron chi connectivity index (χ1n) is 6.25. The van der Waals surface area contributed by atoms with E-state index >= 15 is 0 Å². The second-order valence-electron chi connectivity index (χ2n) is 4.99. The van der Waals surface area contributed by atoms with Crippen LogP contribution in [0.2, 0.25) is 0 Å². The lowest BCUT2D eigenvalue weighted by Gasteiger charge is -2.35. The molecule has 0 bridgehead atoms. The maximum atomic E-state index is 11.2. The van der Waals surface area contributed by atoms with Gasteiger partial charge in [-0.1, -0.05) is 18.2 Å². The van der Waals surface area contributed by atoms with Crippen molar-refractivity contribution in [3.8, 4) is 11.6 Å². The summed E-state index contributed by atoms with van der Waals surface area (Å²) in [6.07, 6.45) is 3.80. The van der Waals surface area contributed by atoms with Crippen molar-refractivity contribution in [2.24, 2.45) is 5.92 Å². The lowest BCUT2D eigenvalue weighted by molar-refractivity contribution is 0.0451. The number of nitrogens with zero attached hydrogens (tertiary/aromatic N) is 1. The van der Waals surface area contributed by atoms with Gasteiger partial charge >= 0.3 is 0 Å². The van der Waals surface area contributed by atoms with Crippen molar-refractivity contribution in [2.45, 2.75) is 18.4 Å². The summed E-state index contributed by atoms with van der Waals surface area (Å²) in [7, 11) is 0. The highest BCUT2D eigenvalue weighted by molar-refractivity contribution is 5.54. The van der Waals surface area contributed by atoms with E-state index in [1.807, 2.05) is 36.4 Å². The predicted octanol–water partition coefficient (Wildman–Crippen LogP) is 2.83. The largest absolute Gasteiger partial charge is 0.438 e. The topological polar surface area (TPSA) is 42.4 Å². The van der Waals surface area contributed by atoms with Crippen LogP contribution in [-0.4, -0.2) is 10.1 Å². The summed E-state index contributed by atoms with van der Waals surface area (Å²) in [5.41, 5.74) is 0.734. The number of aromatic nitrogens is 1.